The van der Waals surface area contributed by atoms with E-state index in [0.717, 1.165) is 15.0 Å². The molecule has 86 valence electrons. The highest BCUT2D eigenvalue weighted by Gasteiger charge is 2.14. The van der Waals surface area contributed by atoms with Crippen molar-refractivity contribution in [2.24, 2.45) is 7.05 Å². The molecular weight excluding hydrogens is 242 g/mol. The summed E-state index contributed by atoms with van der Waals surface area (Å²) in [7, 11) is 1.75. The summed E-state index contributed by atoms with van der Waals surface area (Å²) in [5.41, 5.74) is 0.437. The summed E-state index contributed by atoms with van der Waals surface area (Å²) in [5.74, 6) is 1.05. The Morgan fingerprint density at radius 3 is 2.62 bits per heavy atom. The lowest BCUT2D eigenvalue weighted by Gasteiger charge is -2.09. The third kappa shape index (κ3) is 1.76. The van der Waals surface area contributed by atoms with E-state index in [1.54, 1.807) is 23.4 Å². The summed E-state index contributed by atoms with van der Waals surface area (Å²) in [5, 5.41) is 0. The van der Waals surface area contributed by atoms with Crippen molar-refractivity contribution in [2.45, 2.75) is 24.1 Å². The Morgan fingerprint density at radius 1 is 1.38 bits per heavy atom. The largest absolute Gasteiger partial charge is 0.298 e. The Morgan fingerprint density at radius 2 is 2.06 bits per heavy atom. The maximum absolute atomic E-state index is 12.0. The van der Waals surface area contributed by atoms with Crippen LogP contribution in [-0.2, 0) is 7.05 Å². The quantitative estimate of drug-likeness (QED) is 0.772. The van der Waals surface area contributed by atoms with Gasteiger partial charge in [-0.15, -0.1) is 0 Å². The molecule has 0 amide bonds. The highest BCUT2D eigenvalue weighted by molar-refractivity contribution is 8.00. The normalized spacial score (nSPS) is 11.6. The van der Waals surface area contributed by atoms with E-state index in [9.17, 15) is 4.79 Å². The molecular formula is C10H13N3OS2. The molecule has 0 unspecified atom stereocenters. The fraction of sp³-hybridized carbons (Fsp3) is 0.500. The number of rotatable bonds is 2. The van der Waals surface area contributed by atoms with Crippen LogP contribution in [-0.4, -0.2) is 20.8 Å². The molecule has 0 aliphatic carbocycles. The van der Waals surface area contributed by atoms with Crippen molar-refractivity contribution in [3.05, 3.63) is 16.2 Å². The van der Waals surface area contributed by atoms with Crippen LogP contribution in [0.5, 0.6) is 0 Å². The number of hydrogen-bond donors (Lipinski definition) is 0. The van der Waals surface area contributed by atoms with Crippen LogP contribution in [0.4, 0.5) is 0 Å². The molecule has 0 bridgehead atoms. The lowest BCUT2D eigenvalue weighted by molar-refractivity contribution is 0.676. The van der Waals surface area contributed by atoms with Gasteiger partial charge in [0.05, 0.1) is 0 Å². The van der Waals surface area contributed by atoms with Crippen LogP contribution in [0.3, 0.4) is 0 Å². The molecule has 0 atom stereocenters. The number of aromatic nitrogens is 3. The summed E-state index contributed by atoms with van der Waals surface area (Å²) in [4.78, 5) is 21.6. The van der Waals surface area contributed by atoms with Crippen LogP contribution < -0.4 is 5.56 Å². The third-order valence-corrected chi connectivity index (χ3v) is 4.28. The lowest BCUT2D eigenvalue weighted by atomic mass is 10.2. The molecule has 2 heterocycles. The zero-order valence-corrected chi connectivity index (χ0v) is 11.3. The number of thiazole rings is 1. The van der Waals surface area contributed by atoms with E-state index in [-0.39, 0.29) is 11.5 Å². The highest BCUT2D eigenvalue weighted by atomic mass is 32.2. The van der Waals surface area contributed by atoms with E-state index in [1.165, 1.54) is 11.3 Å². The van der Waals surface area contributed by atoms with Gasteiger partial charge in [-0.1, -0.05) is 36.9 Å². The summed E-state index contributed by atoms with van der Waals surface area (Å²) in [6, 6.07) is 0. The first-order valence-electron chi connectivity index (χ1n) is 4.96. The predicted octanol–water partition coefficient (Wildman–Crippen LogP) is 2.24. The first-order valence-corrected chi connectivity index (χ1v) is 7.00. The van der Waals surface area contributed by atoms with Crippen molar-refractivity contribution in [1.29, 1.82) is 0 Å². The van der Waals surface area contributed by atoms with Gasteiger partial charge in [-0.3, -0.25) is 9.36 Å². The van der Waals surface area contributed by atoms with E-state index in [4.69, 9.17) is 0 Å². The Hall–Kier alpha value is -0.880. The van der Waals surface area contributed by atoms with Crippen LogP contribution >= 0.6 is 23.1 Å². The van der Waals surface area contributed by atoms with E-state index in [2.05, 4.69) is 9.97 Å². The van der Waals surface area contributed by atoms with E-state index in [0.29, 0.717) is 5.52 Å². The summed E-state index contributed by atoms with van der Waals surface area (Å²) < 4.78 is 2.48. The topological polar surface area (TPSA) is 47.8 Å². The maximum atomic E-state index is 12.0. The molecule has 2 aromatic rings. The number of hydrogen-bond acceptors (Lipinski definition) is 5. The Kier molecular flexibility index (Phi) is 3.03. The fourth-order valence-electron chi connectivity index (χ4n) is 1.55. The number of nitrogens with zero attached hydrogens (tertiary/aromatic N) is 3. The Labute approximate surface area is 102 Å². The minimum Gasteiger partial charge on any atom is -0.298 e. The first-order chi connectivity index (χ1) is 7.54. The zero-order valence-electron chi connectivity index (χ0n) is 9.64. The molecule has 2 aromatic heterocycles. The van der Waals surface area contributed by atoms with Crippen LogP contribution in [0.25, 0.3) is 10.3 Å². The fourth-order valence-corrected chi connectivity index (χ4v) is 2.98. The molecule has 0 N–H and O–H groups in total. The van der Waals surface area contributed by atoms with Crippen molar-refractivity contribution in [1.82, 2.24) is 14.5 Å². The van der Waals surface area contributed by atoms with Crippen LogP contribution in [0, 0.1) is 0 Å². The van der Waals surface area contributed by atoms with E-state index >= 15 is 0 Å². The highest BCUT2D eigenvalue weighted by Crippen LogP contribution is 2.25. The number of fused-ring (bicyclic) bond motifs is 1. The van der Waals surface area contributed by atoms with Gasteiger partial charge in [0, 0.05) is 13.0 Å². The average molecular weight is 255 g/mol. The Bertz CT molecular complexity index is 585. The van der Waals surface area contributed by atoms with Gasteiger partial charge in [-0.25, -0.2) is 9.97 Å². The minimum atomic E-state index is -0.0507. The predicted molar refractivity (Wildman–Crippen MR) is 68.5 cm³/mol. The van der Waals surface area contributed by atoms with Gasteiger partial charge >= 0.3 is 0 Å². The van der Waals surface area contributed by atoms with Crippen molar-refractivity contribution < 1.29 is 0 Å². The van der Waals surface area contributed by atoms with Gasteiger partial charge in [-0.05, 0) is 6.26 Å². The second kappa shape index (κ2) is 4.18. The summed E-state index contributed by atoms with van der Waals surface area (Å²) in [6.45, 7) is 4.06. The molecule has 0 fully saturated rings. The molecule has 4 nitrogen and oxygen atoms in total. The Balaban J connectivity index is 2.80. The minimum absolute atomic E-state index is 0.0507. The zero-order chi connectivity index (χ0) is 11.9. The van der Waals surface area contributed by atoms with Crippen LogP contribution in [0.2, 0.25) is 0 Å². The first kappa shape index (κ1) is 11.6. The molecule has 0 saturated carbocycles. The maximum Gasteiger partial charge on any atom is 0.280 e. The van der Waals surface area contributed by atoms with Crippen molar-refractivity contribution in [3.63, 3.8) is 0 Å². The standard InChI is InChI=1S/C10H13N3OS2/c1-5(2)7-12-8-6(9(14)13(7)3)11-10(15-4)16-8/h5H,1-4H3. The molecule has 6 heteroatoms. The second-order valence-corrected chi connectivity index (χ2v) is 5.86. The molecule has 0 aromatic carbocycles. The van der Waals surface area contributed by atoms with Gasteiger partial charge in [-0.2, -0.15) is 0 Å². The lowest BCUT2D eigenvalue weighted by Crippen LogP contribution is -2.22. The van der Waals surface area contributed by atoms with Gasteiger partial charge in [0.2, 0.25) is 0 Å². The SMILES string of the molecule is CSc1nc2c(=O)n(C)c(C(C)C)nc2s1. The van der Waals surface area contributed by atoms with Crippen molar-refractivity contribution >= 4 is 33.4 Å². The van der Waals surface area contributed by atoms with Gasteiger partial charge < -0.3 is 0 Å². The molecule has 0 saturated heterocycles. The molecule has 0 spiro atoms. The van der Waals surface area contributed by atoms with Gasteiger partial charge in [0.25, 0.3) is 5.56 Å². The number of thioether (sulfide) groups is 1. The summed E-state index contributed by atoms with van der Waals surface area (Å²) >= 11 is 3.02. The van der Waals surface area contributed by atoms with Crippen molar-refractivity contribution in [3.8, 4) is 0 Å². The molecule has 0 radical (unpaired) electrons. The summed E-state index contributed by atoms with van der Waals surface area (Å²) in [6.07, 6.45) is 1.95. The molecule has 2 rings (SSSR count). The smallest absolute Gasteiger partial charge is 0.280 e. The van der Waals surface area contributed by atoms with Crippen LogP contribution in [0.15, 0.2) is 9.13 Å². The molecule has 16 heavy (non-hydrogen) atoms. The van der Waals surface area contributed by atoms with Gasteiger partial charge in [0.15, 0.2) is 14.7 Å². The van der Waals surface area contributed by atoms with E-state index in [1.807, 2.05) is 20.1 Å². The molecule has 0 aliphatic heterocycles. The van der Waals surface area contributed by atoms with Crippen LogP contribution in [0.1, 0.15) is 25.6 Å². The monoisotopic (exact) mass is 255 g/mol. The van der Waals surface area contributed by atoms with E-state index < -0.39 is 0 Å². The second-order valence-electron chi connectivity index (χ2n) is 3.83. The third-order valence-electron chi connectivity index (χ3n) is 2.35. The average Bonchev–Trinajstić information content (AvgIpc) is 2.66. The van der Waals surface area contributed by atoms with Gasteiger partial charge in [0.1, 0.15) is 5.82 Å². The molecule has 0 aliphatic rings. The van der Waals surface area contributed by atoms with Crippen molar-refractivity contribution in [2.75, 3.05) is 6.26 Å².